The summed E-state index contributed by atoms with van der Waals surface area (Å²) in [6, 6.07) is 3.67. The minimum Gasteiger partial charge on any atom is -0.339 e. The number of piperidine rings is 1. The molecule has 8 nitrogen and oxygen atoms in total. The fourth-order valence-electron chi connectivity index (χ4n) is 3.48. The van der Waals surface area contributed by atoms with Crippen molar-refractivity contribution in [3.8, 4) is 17.3 Å². The molecule has 3 aromatic rings. The van der Waals surface area contributed by atoms with Gasteiger partial charge < -0.3 is 9.42 Å². The van der Waals surface area contributed by atoms with E-state index in [2.05, 4.69) is 27.1 Å². The lowest BCUT2D eigenvalue weighted by Crippen LogP contribution is -2.35. The molecule has 146 valence electrons. The molecule has 1 amide bonds. The molecule has 1 saturated heterocycles. The van der Waals surface area contributed by atoms with Gasteiger partial charge in [-0.1, -0.05) is 12.1 Å². The minimum atomic E-state index is 0.0423. The Hall–Kier alpha value is -3.03. The highest BCUT2D eigenvalue weighted by molar-refractivity contribution is 5.95. The second-order valence-electron chi connectivity index (χ2n) is 7.08. The molecule has 28 heavy (non-hydrogen) atoms. The Kier molecular flexibility index (Phi) is 5.18. The van der Waals surface area contributed by atoms with E-state index in [0.717, 1.165) is 50.0 Å². The summed E-state index contributed by atoms with van der Waals surface area (Å²) in [5.41, 5.74) is 2.17. The van der Waals surface area contributed by atoms with Crippen LogP contribution in [0.3, 0.4) is 0 Å². The van der Waals surface area contributed by atoms with Gasteiger partial charge in [-0.3, -0.25) is 4.79 Å². The van der Waals surface area contributed by atoms with Gasteiger partial charge in [0.1, 0.15) is 0 Å². The second kappa shape index (κ2) is 7.92. The normalized spacial score (nSPS) is 14.4. The molecule has 3 aromatic heterocycles. The number of aromatic nitrogens is 5. The minimum absolute atomic E-state index is 0.0423. The highest BCUT2D eigenvalue weighted by atomic mass is 16.5. The summed E-state index contributed by atoms with van der Waals surface area (Å²) in [5.74, 6) is 1.81. The van der Waals surface area contributed by atoms with Crippen LogP contribution in [0.5, 0.6) is 0 Å². The monoisotopic (exact) mass is 380 g/mol. The lowest BCUT2D eigenvalue weighted by atomic mass is 10.1. The molecule has 0 saturated carbocycles. The Morgan fingerprint density at radius 1 is 1.25 bits per heavy atom. The van der Waals surface area contributed by atoms with Crippen molar-refractivity contribution in [3.05, 3.63) is 41.6 Å². The number of aryl methyl sites for hydroxylation is 1. The van der Waals surface area contributed by atoms with E-state index in [4.69, 9.17) is 4.52 Å². The van der Waals surface area contributed by atoms with Crippen molar-refractivity contribution in [3.63, 3.8) is 0 Å². The molecule has 1 aliphatic rings. The molecule has 0 unspecified atom stereocenters. The molecule has 4 rings (SSSR count). The summed E-state index contributed by atoms with van der Waals surface area (Å²) in [7, 11) is 0. The molecule has 4 heterocycles. The summed E-state index contributed by atoms with van der Waals surface area (Å²) < 4.78 is 7.05. The predicted octanol–water partition coefficient (Wildman–Crippen LogP) is 3.20. The molecule has 1 aliphatic heterocycles. The zero-order valence-electron chi connectivity index (χ0n) is 16.3. The van der Waals surface area contributed by atoms with Gasteiger partial charge in [0.05, 0.1) is 17.5 Å². The topological polar surface area (TPSA) is 89.9 Å². The standard InChI is InChI=1S/C20H24N6O2/c1-3-7-17-23-19(28-24-17)15-8-9-21-18(12-15)26-14(2)16(13-22-26)20(27)25-10-5-4-6-11-25/h8-9,12-13H,3-7,10-11H2,1-2H3. The van der Waals surface area contributed by atoms with Gasteiger partial charge in [0.15, 0.2) is 11.6 Å². The first-order valence-electron chi connectivity index (χ1n) is 9.80. The van der Waals surface area contributed by atoms with Crippen LogP contribution in [0.15, 0.2) is 29.0 Å². The quantitative estimate of drug-likeness (QED) is 0.675. The fraction of sp³-hybridized carbons (Fsp3) is 0.450. The second-order valence-corrected chi connectivity index (χ2v) is 7.08. The van der Waals surface area contributed by atoms with Crippen LogP contribution in [0.25, 0.3) is 17.3 Å². The average Bonchev–Trinajstić information content (AvgIpc) is 3.35. The van der Waals surface area contributed by atoms with Crippen LogP contribution < -0.4 is 0 Å². The Labute approximate surface area is 163 Å². The first-order chi connectivity index (χ1) is 13.7. The Morgan fingerprint density at radius 2 is 2.07 bits per heavy atom. The number of nitrogens with zero attached hydrogens (tertiary/aromatic N) is 6. The van der Waals surface area contributed by atoms with Crippen molar-refractivity contribution in [2.75, 3.05) is 13.1 Å². The SMILES string of the molecule is CCCc1noc(-c2ccnc(-n3ncc(C(=O)N4CCCCC4)c3C)c2)n1. The molecule has 0 radical (unpaired) electrons. The van der Waals surface area contributed by atoms with E-state index < -0.39 is 0 Å². The van der Waals surface area contributed by atoms with Crippen LogP contribution in [0, 0.1) is 6.92 Å². The number of amides is 1. The zero-order chi connectivity index (χ0) is 19.5. The van der Waals surface area contributed by atoms with Crippen molar-refractivity contribution >= 4 is 5.91 Å². The summed E-state index contributed by atoms with van der Waals surface area (Å²) >= 11 is 0. The number of likely N-dealkylation sites (tertiary alicyclic amines) is 1. The van der Waals surface area contributed by atoms with Gasteiger partial charge in [-0.2, -0.15) is 10.1 Å². The lowest BCUT2D eigenvalue weighted by Gasteiger charge is -2.26. The molecule has 0 aromatic carbocycles. The van der Waals surface area contributed by atoms with E-state index in [1.807, 2.05) is 24.0 Å². The molecule has 0 N–H and O–H groups in total. The maximum absolute atomic E-state index is 12.8. The lowest BCUT2D eigenvalue weighted by molar-refractivity contribution is 0.0723. The number of pyridine rings is 1. The van der Waals surface area contributed by atoms with E-state index in [9.17, 15) is 4.79 Å². The molecule has 1 fully saturated rings. The van der Waals surface area contributed by atoms with Gasteiger partial charge in [0.25, 0.3) is 11.8 Å². The van der Waals surface area contributed by atoms with Gasteiger partial charge in [-0.15, -0.1) is 0 Å². The van der Waals surface area contributed by atoms with Crippen LogP contribution in [0.4, 0.5) is 0 Å². The Morgan fingerprint density at radius 3 is 2.86 bits per heavy atom. The summed E-state index contributed by atoms with van der Waals surface area (Å²) in [5, 5.41) is 8.41. The first kappa shape index (κ1) is 18.3. The van der Waals surface area contributed by atoms with E-state index in [0.29, 0.717) is 23.1 Å². The van der Waals surface area contributed by atoms with Crippen molar-refractivity contribution in [2.24, 2.45) is 0 Å². The van der Waals surface area contributed by atoms with Gasteiger partial charge in [0, 0.05) is 31.3 Å². The third kappa shape index (κ3) is 3.54. The fourth-order valence-corrected chi connectivity index (χ4v) is 3.48. The van der Waals surface area contributed by atoms with Crippen molar-refractivity contribution in [2.45, 2.75) is 46.0 Å². The van der Waals surface area contributed by atoms with E-state index >= 15 is 0 Å². The molecular weight excluding hydrogens is 356 g/mol. The number of hydrogen-bond donors (Lipinski definition) is 0. The third-order valence-corrected chi connectivity index (χ3v) is 5.03. The maximum atomic E-state index is 12.8. The van der Waals surface area contributed by atoms with Crippen LogP contribution in [0.2, 0.25) is 0 Å². The van der Waals surface area contributed by atoms with Gasteiger partial charge in [-0.05, 0) is 44.7 Å². The molecule has 0 aliphatic carbocycles. The van der Waals surface area contributed by atoms with Crippen LogP contribution in [-0.4, -0.2) is 48.8 Å². The summed E-state index contributed by atoms with van der Waals surface area (Å²) in [4.78, 5) is 23.6. The van der Waals surface area contributed by atoms with Crippen LogP contribution in [-0.2, 0) is 6.42 Å². The molecule has 8 heteroatoms. The van der Waals surface area contributed by atoms with Crippen LogP contribution in [0.1, 0.15) is 54.5 Å². The number of rotatable bonds is 5. The largest absolute Gasteiger partial charge is 0.339 e. The average molecular weight is 380 g/mol. The molecule has 0 bridgehead atoms. The van der Waals surface area contributed by atoms with Crippen molar-refractivity contribution < 1.29 is 9.32 Å². The van der Waals surface area contributed by atoms with E-state index in [1.165, 1.54) is 6.42 Å². The highest BCUT2D eigenvalue weighted by Gasteiger charge is 2.23. The van der Waals surface area contributed by atoms with Crippen LogP contribution >= 0.6 is 0 Å². The molecule has 0 spiro atoms. The van der Waals surface area contributed by atoms with E-state index in [1.54, 1.807) is 17.1 Å². The number of hydrogen-bond acceptors (Lipinski definition) is 6. The van der Waals surface area contributed by atoms with Gasteiger partial charge in [0.2, 0.25) is 0 Å². The van der Waals surface area contributed by atoms with Gasteiger partial charge in [-0.25, -0.2) is 9.67 Å². The van der Waals surface area contributed by atoms with Crippen molar-refractivity contribution in [1.29, 1.82) is 0 Å². The van der Waals surface area contributed by atoms with Crippen molar-refractivity contribution in [1.82, 2.24) is 29.8 Å². The van der Waals surface area contributed by atoms with E-state index in [-0.39, 0.29) is 5.91 Å². The molecule has 0 atom stereocenters. The Bertz CT molecular complexity index is 971. The summed E-state index contributed by atoms with van der Waals surface area (Å²) in [6.45, 7) is 5.59. The third-order valence-electron chi connectivity index (χ3n) is 5.03. The highest BCUT2D eigenvalue weighted by Crippen LogP contribution is 2.22. The summed E-state index contributed by atoms with van der Waals surface area (Å²) in [6.07, 6.45) is 8.37. The first-order valence-corrected chi connectivity index (χ1v) is 9.80. The number of carbonyl (C=O) groups is 1. The number of carbonyl (C=O) groups excluding carboxylic acids is 1. The predicted molar refractivity (Wildman–Crippen MR) is 103 cm³/mol. The zero-order valence-corrected chi connectivity index (χ0v) is 16.3. The maximum Gasteiger partial charge on any atom is 0.258 e. The smallest absolute Gasteiger partial charge is 0.258 e. The Balaban J connectivity index is 1.61. The van der Waals surface area contributed by atoms with Gasteiger partial charge >= 0.3 is 0 Å². The molecular formula is C20H24N6O2.